The quantitative estimate of drug-likeness (QED) is 0.0880. The third-order valence-corrected chi connectivity index (χ3v) is 6.91. The summed E-state index contributed by atoms with van der Waals surface area (Å²) in [7, 11) is 0. The van der Waals surface area contributed by atoms with Crippen LogP contribution in [0.4, 0.5) is 0 Å². The summed E-state index contributed by atoms with van der Waals surface area (Å²) in [6.45, 7) is 5.66. The lowest BCUT2D eigenvalue weighted by Crippen LogP contribution is -2.45. The Morgan fingerprint density at radius 3 is 1.60 bits per heavy atom. The summed E-state index contributed by atoms with van der Waals surface area (Å²) in [6, 6.07) is -1.25. The van der Waals surface area contributed by atoms with Crippen molar-refractivity contribution in [3.63, 3.8) is 0 Å². The molecule has 1 rings (SSSR count). The largest absolute Gasteiger partial charge is 0.481 e. The zero-order chi connectivity index (χ0) is 31.4. The van der Waals surface area contributed by atoms with Crippen molar-refractivity contribution >= 4 is 35.6 Å². The number of unbranched alkanes of at least 4 members (excludes halogenated alkanes) is 13. The van der Waals surface area contributed by atoms with E-state index in [1.165, 1.54) is 38.5 Å². The molecule has 1 saturated heterocycles. The molecule has 0 spiro atoms. The van der Waals surface area contributed by atoms with Gasteiger partial charge in [-0.2, -0.15) is 0 Å². The fourth-order valence-electron chi connectivity index (χ4n) is 4.66. The van der Waals surface area contributed by atoms with Crippen molar-refractivity contribution in [3.8, 4) is 0 Å². The molecule has 0 bridgehead atoms. The third-order valence-electron chi connectivity index (χ3n) is 6.91. The summed E-state index contributed by atoms with van der Waals surface area (Å²) in [5.41, 5.74) is -0.407. The predicted octanol–water partition coefficient (Wildman–Crippen LogP) is 5.53. The average Bonchev–Trinajstić information content (AvgIpc) is 3.21. The molecule has 3 amide bonds. The molecule has 240 valence electrons. The van der Waals surface area contributed by atoms with Gasteiger partial charge in [-0.3, -0.25) is 24.0 Å². The normalized spacial score (nSPS) is 14.1. The number of nitrogens with zero attached hydrogens (tertiary/aromatic N) is 1. The lowest BCUT2D eigenvalue weighted by atomic mass is 10.0. The van der Waals surface area contributed by atoms with Crippen LogP contribution < -0.4 is 5.32 Å². The molecule has 0 unspecified atom stereocenters. The summed E-state index contributed by atoms with van der Waals surface area (Å²) >= 11 is 0. The SMILES string of the molecule is CC(C)(C)OC(=O)CCCCCCCCCCCCCCCCC(=O)N[C@@H](CCC(=O)O)C(=O)ON1C(=O)CCC1=O. The minimum Gasteiger partial charge on any atom is -0.481 e. The maximum absolute atomic E-state index is 12.4. The Morgan fingerprint density at radius 2 is 1.17 bits per heavy atom. The topological polar surface area (TPSA) is 156 Å². The maximum Gasteiger partial charge on any atom is 0.355 e. The van der Waals surface area contributed by atoms with Gasteiger partial charge in [-0.05, 0) is 40.0 Å². The molecule has 0 aromatic rings. The number of carbonyl (C=O) groups is 6. The Kier molecular flexibility index (Phi) is 18.4. The lowest BCUT2D eigenvalue weighted by Gasteiger charge is -2.19. The number of amides is 3. The highest BCUT2D eigenvalue weighted by Crippen LogP contribution is 2.16. The molecule has 1 fully saturated rings. The van der Waals surface area contributed by atoms with Crippen LogP contribution in [-0.4, -0.2) is 57.4 Å². The number of nitrogens with one attached hydrogen (secondary N) is 1. The van der Waals surface area contributed by atoms with E-state index >= 15 is 0 Å². The molecule has 11 nitrogen and oxygen atoms in total. The van der Waals surface area contributed by atoms with Gasteiger partial charge in [0, 0.05) is 32.1 Å². The first-order chi connectivity index (χ1) is 19.9. The van der Waals surface area contributed by atoms with E-state index in [-0.39, 0.29) is 38.1 Å². The van der Waals surface area contributed by atoms with Crippen LogP contribution >= 0.6 is 0 Å². The molecule has 2 N–H and O–H groups in total. The maximum atomic E-state index is 12.4. The Balaban J connectivity index is 2.04. The van der Waals surface area contributed by atoms with E-state index in [0.29, 0.717) is 17.9 Å². The molecule has 0 aromatic carbocycles. The number of carbonyl (C=O) groups excluding carboxylic acids is 5. The predicted molar refractivity (Wildman–Crippen MR) is 156 cm³/mol. The fraction of sp³-hybridized carbons (Fsp3) is 0.806. The van der Waals surface area contributed by atoms with Crippen LogP contribution in [0.15, 0.2) is 0 Å². The summed E-state index contributed by atoms with van der Waals surface area (Å²) in [4.78, 5) is 75.6. The van der Waals surface area contributed by atoms with Gasteiger partial charge in [0.25, 0.3) is 11.8 Å². The lowest BCUT2D eigenvalue weighted by molar-refractivity contribution is -0.199. The van der Waals surface area contributed by atoms with Gasteiger partial charge in [-0.25, -0.2) is 4.79 Å². The molecule has 0 aromatic heterocycles. The standard InChI is InChI=1S/C31H52N2O9/c1-31(2,3)41-29(39)19-17-15-13-11-9-7-5-4-6-8-10-12-14-16-18-25(34)32-24(20-23-28(37)38)30(40)42-33-26(35)21-22-27(33)36/h24H,4-23H2,1-3H3,(H,32,34)(H,37,38)/t24-/m0/s1. The number of hydrogen-bond acceptors (Lipinski definition) is 8. The Labute approximate surface area is 250 Å². The summed E-state index contributed by atoms with van der Waals surface area (Å²) < 4.78 is 5.32. The van der Waals surface area contributed by atoms with E-state index < -0.39 is 41.3 Å². The van der Waals surface area contributed by atoms with Crippen LogP contribution in [0.1, 0.15) is 149 Å². The number of carboxylic acid groups (broad SMARTS) is 1. The average molecular weight is 597 g/mol. The first-order valence-electron chi connectivity index (χ1n) is 15.7. The number of carboxylic acids is 1. The molecule has 42 heavy (non-hydrogen) atoms. The van der Waals surface area contributed by atoms with E-state index in [9.17, 15) is 28.8 Å². The van der Waals surface area contributed by atoms with Crippen LogP contribution in [0.3, 0.4) is 0 Å². The van der Waals surface area contributed by atoms with Gasteiger partial charge in [0.2, 0.25) is 5.91 Å². The molecule has 11 heteroatoms. The molecule has 1 atom stereocenters. The van der Waals surface area contributed by atoms with Gasteiger partial charge < -0.3 is 20.0 Å². The Hall–Kier alpha value is -2.98. The van der Waals surface area contributed by atoms with E-state index in [1.807, 2.05) is 20.8 Å². The van der Waals surface area contributed by atoms with Gasteiger partial charge in [-0.15, -0.1) is 5.06 Å². The number of imide groups is 1. The second kappa shape index (κ2) is 20.8. The third kappa shape index (κ3) is 18.5. The van der Waals surface area contributed by atoms with Crippen molar-refractivity contribution < 1.29 is 43.4 Å². The number of hydrogen-bond donors (Lipinski definition) is 2. The van der Waals surface area contributed by atoms with Crippen LogP contribution in [0.2, 0.25) is 0 Å². The number of rotatable bonds is 23. The first-order valence-corrected chi connectivity index (χ1v) is 15.7. The Bertz CT molecular complexity index is 866. The second-order valence-corrected chi connectivity index (χ2v) is 12.1. The van der Waals surface area contributed by atoms with Gasteiger partial charge in [0.15, 0.2) is 0 Å². The van der Waals surface area contributed by atoms with Crippen molar-refractivity contribution in [3.05, 3.63) is 0 Å². The number of esters is 1. The number of ether oxygens (including phenoxy) is 1. The van der Waals surface area contributed by atoms with Crippen molar-refractivity contribution in [1.29, 1.82) is 0 Å². The second-order valence-electron chi connectivity index (χ2n) is 12.1. The first kappa shape index (κ1) is 37.0. The zero-order valence-electron chi connectivity index (χ0n) is 25.9. The van der Waals surface area contributed by atoms with Crippen molar-refractivity contribution in [1.82, 2.24) is 10.4 Å². The highest BCUT2D eigenvalue weighted by molar-refractivity contribution is 6.02. The molecule has 1 aliphatic rings. The summed E-state index contributed by atoms with van der Waals surface area (Å²) in [5.74, 6) is -3.95. The molecular weight excluding hydrogens is 544 g/mol. The van der Waals surface area contributed by atoms with Crippen LogP contribution in [0.25, 0.3) is 0 Å². The Morgan fingerprint density at radius 1 is 0.738 bits per heavy atom. The van der Waals surface area contributed by atoms with Gasteiger partial charge in [0.1, 0.15) is 11.6 Å². The minimum atomic E-state index is -1.25. The van der Waals surface area contributed by atoms with Gasteiger partial charge in [0.05, 0.1) is 0 Å². The monoisotopic (exact) mass is 596 g/mol. The molecule has 1 heterocycles. The van der Waals surface area contributed by atoms with E-state index in [0.717, 1.165) is 44.9 Å². The van der Waals surface area contributed by atoms with Crippen LogP contribution in [-0.2, 0) is 38.3 Å². The summed E-state index contributed by atoms with van der Waals surface area (Å²) in [5, 5.41) is 11.8. The van der Waals surface area contributed by atoms with Crippen molar-refractivity contribution in [2.45, 2.75) is 161 Å². The smallest absolute Gasteiger partial charge is 0.355 e. The number of aliphatic carboxylic acids is 1. The summed E-state index contributed by atoms with van der Waals surface area (Å²) in [6.07, 6.45) is 15.3. The molecular formula is C31H52N2O9. The molecule has 0 aliphatic carbocycles. The zero-order valence-corrected chi connectivity index (χ0v) is 25.9. The van der Waals surface area contributed by atoms with E-state index in [4.69, 9.17) is 14.7 Å². The molecule has 0 radical (unpaired) electrons. The molecule has 0 saturated carbocycles. The van der Waals surface area contributed by atoms with Gasteiger partial charge in [-0.1, -0.05) is 77.0 Å². The van der Waals surface area contributed by atoms with E-state index in [1.54, 1.807) is 0 Å². The van der Waals surface area contributed by atoms with Crippen LogP contribution in [0.5, 0.6) is 0 Å². The highest BCUT2D eigenvalue weighted by Gasteiger charge is 2.35. The van der Waals surface area contributed by atoms with E-state index in [2.05, 4.69) is 5.32 Å². The highest BCUT2D eigenvalue weighted by atomic mass is 16.7. The number of hydroxylamine groups is 2. The van der Waals surface area contributed by atoms with Crippen molar-refractivity contribution in [2.75, 3.05) is 0 Å². The van der Waals surface area contributed by atoms with Gasteiger partial charge >= 0.3 is 17.9 Å². The van der Waals surface area contributed by atoms with Crippen molar-refractivity contribution in [2.24, 2.45) is 0 Å². The fourth-order valence-corrected chi connectivity index (χ4v) is 4.66. The minimum absolute atomic E-state index is 0.0563. The van der Waals surface area contributed by atoms with Crippen LogP contribution in [0, 0.1) is 0 Å². The molecule has 1 aliphatic heterocycles.